The number of rotatable bonds is 4. The summed E-state index contributed by atoms with van der Waals surface area (Å²) in [5, 5.41) is 3.54. The van der Waals surface area contributed by atoms with Gasteiger partial charge in [-0.15, -0.1) is 0 Å². The number of amides is 1. The number of carbonyl (C=O) groups is 1. The summed E-state index contributed by atoms with van der Waals surface area (Å²) >= 11 is 9.46. The van der Waals surface area contributed by atoms with Gasteiger partial charge in [-0.05, 0) is 43.3 Å². The zero-order chi connectivity index (χ0) is 19.7. The average molecular weight is 456 g/mol. The number of pyridine rings is 2. The lowest BCUT2D eigenvalue weighted by Crippen LogP contribution is -2.24. The van der Waals surface area contributed by atoms with Crippen LogP contribution in [0.25, 0.3) is 16.9 Å². The molecule has 0 aliphatic carbocycles. The molecule has 140 valence electrons. The Morgan fingerprint density at radius 1 is 1.14 bits per heavy atom. The van der Waals surface area contributed by atoms with Gasteiger partial charge in [-0.3, -0.25) is 9.78 Å². The Morgan fingerprint density at radius 3 is 2.79 bits per heavy atom. The molecule has 0 atom stereocenters. The smallest absolute Gasteiger partial charge is 0.253 e. The molecule has 0 spiro atoms. The number of hydrogen-bond donors (Lipinski definition) is 1. The van der Waals surface area contributed by atoms with E-state index in [2.05, 4.69) is 31.2 Å². The van der Waals surface area contributed by atoms with E-state index in [1.807, 2.05) is 53.9 Å². The van der Waals surface area contributed by atoms with Crippen LogP contribution in [0.3, 0.4) is 0 Å². The van der Waals surface area contributed by atoms with E-state index in [0.29, 0.717) is 22.8 Å². The van der Waals surface area contributed by atoms with Crippen LogP contribution in [0.2, 0.25) is 5.02 Å². The highest BCUT2D eigenvalue weighted by Gasteiger charge is 2.12. The molecule has 0 saturated carbocycles. The lowest BCUT2D eigenvalue weighted by atomic mass is 10.1. The minimum absolute atomic E-state index is 0.180. The second-order valence-electron chi connectivity index (χ2n) is 6.37. The van der Waals surface area contributed by atoms with E-state index in [1.165, 1.54) is 0 Å². The second-order valence-corrected chi connectivity index (χ2v) is 7.72. The molecule has 4 aromatic rings. The molecule has 1 amide bonds. The molecule has 3 heterocycles. The number of imidazole rings is 1. The van der Waals surface area contributed by atoms with Crippen LogP contribution in [0.1, 0.15) is 21.7 Å². The van der Waals surface area contributed by atoms with Gasteiger partial charge in [-0.2, -0.15) is 0 Å². The molecular formula is C21H16BrClN4O. The highest BCUT2D eigenvalue weighted by molar-refractivity contribution is 9.10. The first kappa shape index (κ1) is 18.7. The summed E-state index contributed by atoms with van der Waals surface area (Å²) in [5.41, 5.74) is 4.58. The summed E-state index contributed by atoms with van der Waals surface area (Å²) in [7, 11) is 0. The second kappa shape index (κ2) is 7.73. The Morgan fingerprint density at radius 2 is 2.00 bits per heavy atom. The molecule has 1 aromatic carbocycles. The molecule has 0 bridgehead atoms. The number of nitrogens with zero attached hydrogens (tertiary/aromatic N) is 3. The van der Waals surface area contributed by atoms with Crippen molar-refractivity contribution in [2.45, 2.75) is 13.5 Å². The Balaban J connectivity index is 1.49. The molecule has 3 aromatic heterocycles. The van der Waals surface area contributed by atoms with Crippen LogP contribution < -0.4 is 5.32 Å². The van der Waals surface area contributed by atoms with Crippen molar-refractivity contribution in [3.8, 4) is 11.3 Å². The molecule has 0 unspecified atom stereocenters. The standard InChI is InChI=1S/C21H16BrClN4O/c1-13-18(6-7-19(25-13)14-3-2-4-15(22)9-14)21(28)24-10-17-12-27-11-16(23)5-8-20(27)26-17/h2-9,11-12H,10H2,1H3,(H,24,28). The van der Waals surface area contributed by atoms with E-state index in [-0.39, 0.29) is 5.91 Å². The van der Waals surface area contributed by atoms with Crippen LogP contribution in [0.4, 0.5) is 0 Å². The predicted octanol–water partition coefficient (Wildman–Crippen LogP) is 5.05. The van der Waals surface area contributed by atoms with Gasteiger partial charge in [0, 0.05) is 22.4 Å². The Bertz CT molecular complexity index is 1190. The van der Waals surface area contributed by atoms with Gasteiger partial charge in [0.2, 0.25) is 0 Å². The topological polar surface area (TPSA) is 59.3 Å². The summed E-state index contributed by atoms with van der Waals surface area (Å²) < 4.78 is 2.82. The number of carbonyl (C=O) groups excluding carboxylic acids is 1. The zero-order valence-corrected chi connectivity index (χ0v) is 17.3. The normalized spacial score (nSPS) is 11.0. The van der Waals surface area contributed by atoms with Gasteiger partial charge in [-0.1, -0.05) is 39.7 Å². The van der Waals surface area contributed by atoms with Crippen LogP contribution in [-0.4, -0.2) is 20.3 Å². The number of nitrogens with one attached hydrogen (secondary N) is 1. The predicted molar refractivity (Wildman–Crippen MR) is 113 cm³/mol. The number of hydrogen-bond acceptors (Lipinski definition) is 3. The largest absolute Gasteiger partial charge is 0.346 e. The molecule has 0 fully saturated rings. The van der Waals surface area contributed by atoms with E-state index in [4.69, 9.17) is 11.6 Å². The average Bonchev–Trinajstić information content (AvgIpc) is 3.08. The van der Waals surface area contributed by atoms with E-state index in [1.54, 1.807) is 18.3 Å². The van der Waals surface area contributed by atoms with Gasteiger partial charge in [0.05, 0.1) is 34.2 Å². The molecule has 0 saturated heterocycles. The summed E-state index contributed by atoms with van der Waals surface area (Å²) in [6, 6.07) is 15.2. The third kappa shape index (κ3) is 3.93. The molecule has 0 aliphatic rings. The van der Waals surface area contributed by atoms with Gasteiger partial charge in [0.25, 0.3) is 5.91 Å². The SMILES string of the molecule is Cc1nc(-c2cccc(Br)c2)ccc1C(=O)NCc1cn2cc(Cl)ccc2n1. The highest BCUT2D eigenvalue weighted by Crippen LogP contribution is 2.22. The fourth-order valence-corrected chi connectivity index (χ4v) is 3.55. The van der Waals surface area contributed by atoms with E-state index in [0.717, 1.165) is 27.1 Å². The molecule has 7 heteroatoms. The fraction of sp³-hybridized carbons (Fsp3) is 0.0952. The van der Waals surface area contributed by atoms with Crippen molar-refractivity contribution in [1.29, 1.82) is 0 Å². The van der Waals surface area contributed by atoms with Crippen LogP contribution in [0, 0.1) is 6.92 Å². The van der Waals surface area contributed by atoms with Crippen molar-refractivity contribution in [3.05, 3.63) is 87.4 Å². The van der Waals surface area contributed by atoms with Crippen molar-refractivity contribution in [2.24, 2.45) is 0 Å². The van der Waals surface area contributed by atoms with Gasteiger partial charge in [0.15, 0.2) is 0 Å². The number of fused-ring (bicyclic) bond motifs is 1. The van der Waals surface area contributed by atoms with Crippen LogP contribution >= 0.6 is 27.5 Å². The molecule has 1 N–H and O–H groups in total. The Hall–Kier alpha value is -2.70. The van der Waals surface area contributed by atoms with Gasteiger partial charge in [-0.25, -0.2) is 4.98 Å². The van der Waals surface area contributed by atoms with E-state index < -0.39 is 0 Å². The van der Waals surface area contributed by atoms with Crippen LogP contribution in [0.5, 0.6) is 0 Å². The molecule has 4 rings (SSSR count). The maximum Gasteiger partial charge on any atom is 0.253 e. The third-order valence-corrected chi connectivity index (χ3v) is 5.06. The molecule has 0 aliphatic heterocycles. The van der Waals surface area contributed by atoms with E-state index >= 15 is 0 Å². The number of aryl methyl sites for hydroxylation is 1. The molecule has 28 heavy (non-hydrogen) atoms. The van der Waals surface area contributed by atoms with Crippen LogP contribution in [-0.2, 0) is 6.54 Å². The van der Waals surface area contributed by atoms with Gasteiger partial charge < -0.3 is 9.72 Å². The molecule has 0 radical (unpaired) electrons. The quantitative estimate of drug-likeness (QED) is 0.468. The summed E-state index contributed by atoms with van der Waals surface area (Å²) in [6.07, 6.45) is 3.63. The fourth-order valence-electron chi connectivity index (χ4n) is 2.98. The van der Waals surface area contributed by atoms with Gasteiger partial charge in [0.1, 0.15) is 5.65 Å². The van der Waals surface area contributed by atoms with Gasteiger partial charge >= 0.3 is 0 Å². The number of aromatic nitrogens is 3. The first-order chi connectivity index (χ1) is 13.5. The molecular weight excluding hydrogens is 440 g/mol. The zero-order valence-electron chi connectivity index (χ0n) is 15.0. The highest BCUT2D eigenvalue weighted by atomic mass is 79.9. The van der Waals surface area contributed by atoms with Crippen molar-refractivity contribution in [3.63, 3.8) is 0 Å². The molecule has 5 nitrogen and oxygen atoms in total. The summed E-state index contributed by atoms with van der Waals surface area (Å²) in [4.78, 5) is 21.7. The Labute approximate surface area is 175 Å². The van der Waals surface area contributed by atoms with Crippen molar-refractivity contribution >= 4 is 39.1 Å². The first-order valence-electron chi connectivity index (χ1n) is 8.64. The number of benzene rings is 1. The van der Waals surface area contributed by atoms with Crippen molar-refractivity contribution < 1.29 is 4.79 Å². The van der Waals surface area contributed by atoms with Crippen molar-refractivity contribution in [2.75, 3.05) is 0 Å². The number of halogens is 2. The monoisotopic (exact) mass is 454 g/mol. The first-order valence-corrected chi connectivity index (χ1v) is 9.81. The summed E-state index contributed by atoms with van der Waals surface area (Å²) in [6.45, 7) is 2.16. The lowest BCUT2D eigenvalue weighted by molar-refractivity contribution is 0.0949. The minimum Gasteiger partial charge on any atom is -0.346 e. The van der Waals surface area contributed by atoms with Crippen molar-refractivity contribution in [1.82, 2.24) is 19.7 Å². The third-order valence-electron chi connectivity index (χ3n) is 4.35. The Kier molecular flexibility index (Phi) is 5.15. The van der Waals surface area contributed by atoms with E-state index in [9.17, 15) is 4.79 Å². The summed E-state index contributed by atoms with van der Waals surface area (Å²) in [5.74, 6) is -0.180. The minimum atomic E-state index is -0.180. The lowest BCUT2D eigenvalue weighted by Gasteiger charge is -2.08. The maximum atomic E-state index is 12.6. The maximum absolute atomic E-state index is 12.6. The van der Waals surface area contributed by atoms with Crippen LogP contribution in [0.15, 0.2) is 65.4 Å².